The van der Waals surface area contributed by atoms with E-state index in [0.29, 0.717) is 18.0 Å². The van der Waals surface area contributed by atoms with E-state index in [1.807, 2.05) is 0 Å². The number of hydrogen-bond acceptors (Lipinski definition) is 3. The highest BCUT2D eigenvalue weighted by Crippen LogP contribution is 2.25. The second-order valence-electron chi connectivity index (χ2n) is 4.49. The minimum Gasteiger partial charge on any atom is -0.396 e. The fourth-order valence-electron chi connectivity index (χ4n) is 2.11. The largest absolute Gasteiger partial charge is 0.396 e. The molecule has 0 amide bonds. The average molecular weight is 334 g/mol. The molecule has 0 aromatic heterocycles. The Morgan fingerprint density at radius 3 is 2.56 bits per heavy atom. The lowest BCUT2D eigenvalue weighted by Crippen LogP contribution is -2.39. The monoisotopic (exact) mass is 333 g/mol. The molecule has 1 saturated heterocycles. The number of hydrogen-bond donors (Lipinski definition) is 1. The SMILES string of the molecule is O=S(=O)(c1cccc(Br)c1)N1CCC(CO)CC1. The van der Waals surface area contributed by atoms with Crippen LogP contribution in [0.2, 0.25) is 0 Å². The summed E-state index contributed by atoms with van der Waals surface area (Å²) in [5, 5.41) is 9.06. The number of aliphatic hydroxyl groups is 1. The highest BCUT2D eigenvalue weighted by Gasteiger charge is 2.29. The molecule has 0 saturated carbocycles. The van der Waals surface area contributed by atoms with E-state index in [4.69, 9.17) is 5.11 Å². The van der Waals surface area contributed by atoms with Gasteiger partial charge in [-0.25, -0.2) is 8.42 Å². The highest BCUT2D eigenvalue weighted by molar-refractivity contribution is 9.10. The molecule has 1 N–H and O–H groups in total. The Balaban J connectivity index is 2.17. The fraction of sp³-hybridized carbons (Fsp3) is 0.500. The summed E-state index contributed by atoms with van der Waals surface area (Å²) >= 11 is 3.28. The maximum absolute atomic E-state index is 12.4. The van der Waals surface area contributed by atoms with E-state index >= 15 is 0 Å². The van der Waals surface area contributed by atoms with Gasteiger partial charge in [0.15, 0.2) is 0 Å². The van der Waals surface area contributed by atoms with Crippen molar-refractivity contribution in [2.75, 3.05) is 19.7 Å². The maximum atomic E-state index is 12.4. The van der Waals surface area contributed by atoms with Gasteiger partial charge in [-0.1, -0.05) is 22.0 Å². The quantitative estimate of drug-likeness (QED) is 0.918. The van der Waals surface area contributed by atoms with Crippen LogP contribution in [0.5, 0.6) is 0 Å². The van der Waals surface area contributed by atoms with Gasteiger partial charge in [0.2, 0.25) is 10.0 Å². The Morgan fingerprint density at radius 2 is 2.00 bits per heavy atom. The van der Waals surface area contributed by atoms with Gasteiger partial charge in [-0.15, -0.1) is 0 Å². The molecule has 4 nitrogen and oxygen atoms in total. The zero-order valence-electron chi connectivity index (χ0n) is 9.92. The number of sulfonamides is 1. The smallest absolute Gasteiger partial charge is 0.243 e. The van der Waals surface area contributed by atoms with E-state index < -0.39 is 10.0 Å². The molecular weight excluding hydrogens is 318 g/mol. The van der Waals surface area contributed by atoms with Crippen LogP contribution in [0.1, 0.15) is 12.8 Å². The van der Waals surface area contributed by atoms with Crippen LogP contribution in [0.25, 0.3) is 0 Å². The zero-order chi connectivity index (χ0) is 13.2. The van der Waals surface area contributed by atoms with Crippen LogP contribution in [0.15, 0.2) is 33.6 Å². The van der Waals surface area contributed by atoms with Crippen molar-refractivity contribution in [2.24, 2.45) is 5.92 Å². The molecule has 1 aromatic carbocycles. The molecule has 0 spiro atoms. The van der Waals surface area contributed by atoms with E-state index in [2.05, 4.69) is 15.9 Å². The Morgan fingerprint density at radius 1 is 1.33 bits per heavy atom. The molecule has 2 rings (SSSR count). The van der Waals surface area contributed by atoms with E-state index in [1.165, 1.54) is 4.31 Å². The zero-order valence-corrected chi connectivity index (χ0v) is 12.3. The summed E-state index contributed by atoms with van der Waals surface area (Å²) in [6.07, 6.45) is 1.45. The van der Waals surface area contributed by atoms with Gasteiger partial charge in [-0.3, -0.25) is 0 Å². The van der Waals surface area contributed by atoms with Crippen molar-refractivity contribution in [1.82, 2.24) is 4.31 Å². The molecule has 1 aliphatic heterocycles. The number of halogens is 1. The lowest BCUT2D eigenvalue weighted by Gasteiger charge is -2.30. The average Bonchev–Trinajstić information content (AvgIpc) is 2.39. The van der Waals surface area contributed by atoms with Crippen LogP contribution in [0.4, 0.5) is 0 Å². The fourth-order valence-corrected chi connectivity index (χ4v) is 4.18. The number of nitrogens with zero attached hydrogens (tertiary/aromatic N) is 1. The summed E-state index contributed by atoms with van der Waals surface area (Å²) < 4.78 is 27.0. The van der Waals surface area contributed by atoms with Gasteiger partial charge in [0, 0.05) is 24.2 Å². The first-order chi connectivity index (χ1) is 8.54. The van der Waals surface area contributed by atoms with Gasteiger partial charge in [0.1, 0.15) is 0 Å². The Bertz CT molecular complexity index is 510. The third kappa shape index (κ3) is 2.93. The van der Waals surface area contributed by atoms with Crippen LogP contribution >= 0.6 is 15.9 Å². The van der Waals surface area contributed by atoms with Crippen LogP contribution in [-0.2, 0) is 10.0 Å². The van der Waals surface area contributed by atoms with Crippen molar-refractivity contribution in [3.05, 3.63) is 28.7 Å². The number of rotatable bonds is 3. The third-order valence-corrected chi connectivity index (χ3v) is 5.65. The predicted molar refractivity (Wildman–Crippen MR) is 72.7 cm³/mol. The molecule has 0 atom stereocenters. The highest BCUT2D eigenvalue weighted by atomic mass is 79.9. The Labute approximate surface area is 116 Å². The summed E-state index contributed by atoms with van der Waals surface area (Å²) in [6.45, 7) is 1.12. The van der Waals surface area contributed by atoms with Crippen molar-refractivity contribution < 1.29 is 13.5 Å². The lowest BCUT2D eigenvalue weighted by molar-refractivity contribution is 0.170. The van der Waals surface area contributed by atoms with Gasteiger partial charge < -0.3 is 5.11 Å². The van der Waals surface area contributed by atoms with Crippen LogP contribution < -0.4 is 0 Å². The van der Waals surface area contributed by atoms with E-state index in [0.717, 1.165) is 17.3 Å². The molecular formula is C12H16BrNO3S. The van der Waals surface area contributed by atoms with Crippen LogP contribution in [-0.4, -0.2) is 37.5 Å². The molecule has 1 aromatic rings. The van der Waals surface area contributed by atoms with Crippen molar-refractivity contribution >= 4 is 26.0 Å². The third-order valence-electron chi connectivity index (χ3n) is 3.27. The number of aliphatic hydroxyl groups excluding tert-OH is 1. The van der Waals surface area contributed by atoms with Crippen LogP contribution in [0, 0.1) is 5.92 Å². The summed E-state index contributed by atoms with van der Waals surface area (Å²) in [7, 11) is -3.39. The topological polar surface area (TPSA) is 57.6 Å². The van der Waals surface area contributed by atoms with E-state index in [1.54, 1.807) is 24.3 Å². The summed E-state index contributed by atoms with van der Waals surface area (Å²) in [6, 6.07) is 6.75. The van der Waals surface area contributed by atoms with E-state index in [-0.39, 0.29) is 12.5 Å². The molecule has 1 heterocycles. The minimum atomic E-state index is -3.39. The molecule has 0 bridgehead atoms. The van der Waals surface area contributed by atoms with Crippen molar-refractivity contribution in [3.8, 4) is 0 Å². The number of piperidine rings is 1. The first-order valence-corrected chi connectivity index (χ1v) is 8.14. The van der Waals surface area contributed by atoms with Gasteiger partial charge in [-0.2, -0.15) is 4.31 Å². The van der Waals surface area contributed by atoms with Gasteiger partial charge >= 0.3 is 0 Å². The van der Waals surface area contributed by atoms with Crippen molar-refractivity contribution in [3.63, 3.8) is 0 Å². The minimum absolute atomic E-state index is 0.144. The molecule has 0 radical (unpaired) electrons. The Kier molecular flexibility index (Phi) is 4.42. The van der Waals surface area contributed by atoms with Crippen molar-refractivity contribution in [1.29, 1.82) is 0 Å². The molecule has 100 valence electrons. The van der Waals surface area contributed by atoms with Crippen molar-refractivity contribution in [2.45, 2.75) is 17.7 Å². The second kappa shape index (κ2) is 5.69. The summed E-state index contributed by atoms with van der Waals surface area (Å²) in [4.78, 5) is 0.319. The molecule has 0 aliphatic carbocycles. The van der Waals surface area contributed by atoms with Crippen LogP contribution in [0.3, 0.4) is 0 Å². The lowest BCUT2D eigenvalue weighted by atomic mass is 10.00. The normalized spacial score (nSPS) is 19.0. The van der Waals surface area contributed by atoms with Gasteiger partial charge in [0.25, 0.3) is 0 Å². The van der Waals surface area contributed by atoms with E-state index in [9.17, 15) is 8.42 Å². The molecule has 0 unspecified atom stereocenters. The first kappa shape index (κ1) is 14.0. The predicted octanol–water partition coefficient (Wildman–Crippen LogP) is 1.84. The maximum Gasteiger partial charge on any atom is 0.243 e. The first-order valence-electron chi connectivity index (χ1n) is 5.90. The van der Waals surface area contributed by atoms with Gasteiger partial charge in [-0.05, 0) is 37.0 Å². The molecule has 6 heteroatoms. The second-order valence-corrected chi connectivity index (χ2v) is 7.34. The molecule has 1 fully saturated rings. The number of benzene rings is 1. The molecule has 1 aliphatic rings. The summed E-state index contributed by atoms with van der Waals surface area (Å²) in [5.74, 6) is 0.235. The molecule has 18 heavy (non-hydrogen) atoms. The summed E-state index contributed by atoms with van der Waals surface area (Å²) in [5.41, 5.74) is 0. The van der Waals surface area contributed by atoms with Gasteiger partial charge in [0.05, 0.1) is 4.90 Å². The Hall–Kier alpha value is -0.430. The standard InChI is InChI=1S/C12H16BrNO3S/c13-11-2-1-3-12(8-11)18(16,17)14-6-4-10(9-15)5-7-14/h1-3,8,10,15H,4-7,9H2.